The Hall–Kier alpha value is -2.37. The van der Waals surface area contributed by atoms with E-state index >= 15 is 0 Å². The Kier molecular flexibility index (Phi) is 2.32. The number of hydrogen-bond donors (Lipinski definition) is 0. The van der Waals surface area contributed by atoms with E-state index in [1.54, 1.807) is 0 Å². The van der Waals surface area contributed by atoms with Gasteiger partial charge in [0.15, 0.2) is 5.58 Å². The summed E-state index contributed by atoms with van der Waals surface area (Å²) in [7, 11) is 1.29. The zero-order valence-electron chi connectivity index (χ0n) is 8.30. The second-order valence-corrected chi connectivity index (χ2v) is 3.05. The SMILES string of the molecule is COc1c([N+](=O)[O-])ccc2ccc(=O)oc12. The topological polar surface area (TPSA) is 82.6 Å². The van der Waals surface area contributed by atoms with Gasteiger partial charge in [0.1, 0.15) is 0 Å². The standard InChI is InChI=1S/C10H7NO5/c1-15-10-7(11(13)14)4-2-6-3-5-8(12)16-9(6)10/h2-5H,1H3. The third kappa shape index (κ3) is 1.50. The van der Waals surface area contributed by atoms with Crippen LogP contribution in [0.2, 0.25) is 0 Å². The van der Waals surface area contributed by atoms with E-state index in [0.29, 0.717) is 5.39 Å². The second kappa shape index (κ2) is 3.65. The van der Waals surface area contributed by atoms with Gasteiger partial charge in [-0.3, -0.25) is 10.1 Å². The average Bonchev–Trinajstić information content (AvgIpc) is 2.27. The maximum Gasteiger partial charge on any atom is 0.336 e. The van der Waals surface area contributed by atoms with Crippen molar-refractivity contribution >= 4 is 16.7 Å². The van der Waals surface area contributed by atoms with Crippen LogP contribution in [0.25, 0.3) is 11.0 Å². The van der Waals surface area contributed by atoms with Crippen molar-refractivity contribution in [3.8, 4) is 5.75 Å². The molecule has 0 fully saturated rings. The second-order valence-electron chi connectivity index (χ2n) is 3.05. The van der Waals surface area contributed by atoms with E-state index in [4.69, 9.17) is 9.15 Å². The molecule has 0 saturated heterocycles. The Labute approximate surface area is 89.2 Å². The molecule has 1 heterocycles. The number of nitro groups is 1. The first-order valence-corrected chi connectivity index (χ1v) is 4.38. The largest absolute Gasteiger partial charge is 0.488 e. The third-order valence-corrected chi connectivity index (χ3v) is 2.12. The number of nitrogens with zero attached hydrogens (tertiary/aromatic N) is 1. The molecule has 0 spiro atoms. The fourth-order valence-electron chi connectivity index (χ4n) is 1.44. The lowest BCUT2D eigenvalue weighted by molar-refractivity contribution is -0.385. The summed E-state index contributed by atoms with van der Waals surface area (Å²) in [5, 5.41) is 11.3. The summed E-state index contributed by atoms with van der Waals surface area (Å²) in [5.41, 5.74) is -0.722. The lowest BCUT2D eigenvalue weighted by Gasteiger charge is -2.03. The Balaban J connectivity index is 2.88. The van der Waals surface area contributed by atoms with Gasteiger partial charge in [0.2, 0.25) is 5.75 Å². The monoisotopic (exact) mass is 221 g/mol. The molecule has 0 bridgehead atoms. The van der Waals surface area contributed by atoms with Gasteiger partial charge in [-0.2, -0.15) is 0 Å². The predicted molar refractivity (Wildman–Crippen MR) is 55.7 cm³/mol. The van der Waals surface area contributed by atoms with Crippen LogP contribution in [0.1, 0.15) is 0 Å². The van der Waals surface area contributed by atoms with Crippen LogP contribution >= 0.6 is 0 Å². The summed E-state index contributed by atoms with van der Waals surface area (Å²) in [4.78, 5) is 21.2. The first-order chi connectivity index (χ1) is 7.63. The van der Waals surface area contributed by atoms with Crippen molar-refractivity contribution in [1.29, 1.82) is 0 Å². The van der Waals surface area contributed by atoms with Crippen LogP contribution in [-0.4, -0.2) is 12.0 Å². The van der Waals surface area contributed by atoms with Gasteiger partial charge >= 0.3 is 11.3 Å². The average molecular weight is 221 g/mol. The lowest BCUT2D eigenvalue weighted by atomic mass is 10.2. The molecule has 0 saturated carbocycles. The minimum atomic E-state index is -0.592. The highest BCUT2D eigenvalue weighted by molar-refractivity contribution is 5.86. The number of rotatable bonds is 2. The first-order valence-electron chi connectivity index (χ1n) is 4.38. The van der Waals surface area contributed by atoms with Crippen molar-refractivity contribution in [1.82, 2.24) is 0 Å². The summed E-state index contributed by atoms with van der Waals surface area (Å²) in [5.74, 6) is -0.0415. The van der Waals surface area contributed by atoms with Crippen molar-refractivity contribution in [2.45, 2.75) is 0 Å². The molecule has 82 valence electrons. The Morgan fingerprint density at radius 2 is 2.00 bits per heavy atom. The Morgan fingerprint density at radius 1 is 1.31 bits per heavy atom. The molecule has 1 aromatic heterocycles. The van der Waals surface area contributed by atoms with Gasteiger partial charge in [0.05, 0.1) is 12.0 Å². The molecule has 16 heavy (non-hydrogen) atoms. The molecule has 0 atom stereocenters. The van der Waals surface area contributed by atoms with Crippen LogP contribution in [0.5, 0.6) is 5.75 Å². The molecule has 0 N–H and O–H groups in total. The van der Waals surface area contributed by atoms with E-state index in [9.17, 15) is 14.9 Å². The first kappa shape index (κ1) is 10.2. The highest BCUT2D eigenvalue weighted by Gasteiger charge is 2.19. The van der Waals surface area contributed by atoms with Gasteiger partial charge in [0, 0.05) is 17.5 Å². The van der Waals surface area contributed by atoms with Crippen LogP contribution in [0, 0.1) is 10.1 Å². The zero-order valence-corrected chi connectivity index (χ0v) is 8.30. The number of nitro benzene ring substituents is 1. The molecule has 1 aromatic carbocycles. The van der Waals surface area contributed by atoms with E-state index in [1.165, 1.54) is 31.4 Å². The Bertz CT molecular complexity index is 616. The lowest BCUT2D eigenvalue weighted by Crippen LogP contribution is -1.99. The molecule has 6 nitrogen and oxygen atoms in total. The van der Waals surface area contributed by atoms with Crippen molar-refractivity contribution in [2.24, 2.45) is 0 Å². The molecular formula is C10H7NO5. The van der Waals surface area contributed by atoms with Crippen molar-refractivity contribution in [2.75, 3.05) is 7.11 Å². The quantitative estimate of drug-likeness (QED) is 0.438. The van der Waals surface area contributed by atoms with Gasteiger partial charge in [-0.05, 0) is 12.1 Å². The number of hydrogen-bond acceptors (Lipinski definition) is 5. The van der Waals surface area contributed by atoms with E-state index < -0.39 is 10.5 Å². The van der Waals surface area contributed by atoms with Crippen molar-refractivity contribution in [3.63, 3.8) is 0 Å². The third-order valence-electron chi connectivity index (χ3n) is 2.12. The van der Waals surface area contributed by atoms with Crippen molar-refractivity contribution in [3.05, 3.63) is 44.8 Å². The van der Waals surface area contributed by atoms with Crippen LogP contribution in [0.3, 0.4) is 0 Å². The predicted octanol–water partition coefficient (Wildman–Crippen LogP) is 1.71. The number of ether oxygens (including phenoxy) is 1. The highest BCUT2D eigenvalue weighted by Crippen LogP contribution is 2.33. The molecule has 0 amide bonds. The zero-order chi connectivity index (χ0) is 11.7. The summed E-state index contributed by atoms with van der Waals surface area (Å²) in [6.45, 7) is 0. The molecule has 6 heteroatoms. The maximum atomic E-state index is 11.0. The summed E-state index contributed by atoms with van der Waals surface area (Å²) in [6.07, 6.45) is 0. The summed E-state index contributed by atoms with van der Waals surface area (Å²) < 4.78 is 9.79. The smallest absolute Gasteiger partial charge is 0.336 e. The van der Waals surface area contributed by atoms with Gasteiger partial charge in [-0.25, -0.2) is 4.79 Å². The van der Waals surface area contributed by atoms with E-state index in [0.717, 1.165) is 0 Å². The van der Waals surface area contributed by atoms with Crippen LogP contribution in [0.4, 0.5) is 5.69 Å². The van der Waals surface area contributed by atoms with E-state index in [1.807, 2.05) is 0 Å². The fraction of sp³-hybridized carbons (Fsp3) is 0.100. The van der Waals surface area contributed by atoms with E-state index in [2.05, 4.69) is 0 Å². The summed E-state index contributed by atoms with van der Waals surface area (Å²) >= 11 is 0. The fourth-order valence-corrected chi connectivity index (χ4v) is 1.44. The normalized spacial score (nSPS) is 10.3. The van der Waals surface area contributed by atoms with Crippen LogP contribution in [0.15, 0.2) is 33.5 Å². The van der Waals surface area contributed by atoms with E-state index in [-0.39, 0.29) is 17.0 Å². The number of fused-ring (bicyclic) bond motifs is 1. The minimum absolute atomic E-state index is 0.0415. The molecule has 0 aliphatic carbocycles. The molecule has 2 rings (SSSR count). The maximum absolute atomic E-state index is 11.0. The molecule has 0 radical (unpaired) electrons. The molecule has 0 unspecified atom stereocenters. The summed E-state index contributed by atoms with van der Waals surface area (Å²) in [6, 6.07) is 5.57. The Morgan fingerprint density at radius 3 is 2.62 bits per heavy atom. The molecular weight excluding hydrogens is 214 g/mol. The van der Waals surface area contributed by atoms with Crippen LogP contribution < -0.4 is 10.4 Å². The molecule has 0 aliphatic heterocycles. The number of benzene rings is 1. The van der Waals surface area contributed by atoms with Gasteiger partial charge < -0.3 is 9.15 Å². The van der Waals surface area contributed by atoms with Gasteiger partial charge in [-0.15, -0.1) is 0 Å². The molecule has 2 aromatic rings. The number of methoxy groups -OCH3 is 1. The van der Waals surface area contributed by atoms with Gasteiger partial charge in [0.25, 0.3) is 0 Å². The minimum Gasteiger partial charge on any atom is -0.488 e. The molecule has 0 aliphatic rings. The van der Waals surface area contributed by atoms with Gasteiger partial charge in [-0.1, -0.05) is 0 Å². The van der Waals surface area contributed by atoms with Crippen LogP contribution in [-0.2, 0) is 0 Å². The highest BCUT2D eigenvalue weighted by atomic mass is 16.6. The van der Waals surface area contributed by atoms with Crippen molar-refractivity contribution < 1.29 is 14.1 Å².